The van der Waals surface area contributed by atoms with E-state index in [0.717, 1.165) is 12.3 Å². The summed E-state index contributed by atoms with van der Waals surface area (Å²) in [6.45, 7) is 1.25. The molecule has 88 valence electrons. The first-order valence-electron chi connectivity index (χ1n) is 4.27. The zero-order valence-corrected chi connectivity index (χ0v) is 9.16. The van der Waals surface area contributed by atoms with Gasteiger partial charge in [0.15, 0.2) is 5.82 Å². The molecule has 1 heterocycles. The molecule has 0 aliphatic carbocycles. The number of rotatable bonds is 4. The van der Waals surface area contributed by atoms with Crippen LogP contribution in [0, 0.1) is 5.82 Å². The number of halogens is 1. The molecule has 1 rings (SSSR count). The standard InChI is InChI=1S/C8H10FN3O3S/c1-5(7(10)13)12-16(14,15)8-6(9)3-2-4-11-8/h2-5,12H,1H3,(H2,10,13). The Morgan fingerprint density at radius 1 is 1.62 bits per heavy atom. The SMILES string of the molecule is CC(NS(=O)(=O)c1ncccc1F)C(N)=O. The smallest absolute Gasteiger partial charge is 0.261 e. The van der Waals surface area contributed by atoms with Gasteiger partial charge >= 0.3 is 0 Å². The number of carbonyl (C=O) groups excluding carboxylic acids is 1. The van der Waals surface area contributed by atoms with Crippen LogP contribution in [-0.4, -0.2) is 25.4 Å². The van der Waals surface area contributed by atoms with E-state index >= 15 is 0 Å². The van der Waals surface area contributed by atoms with Gasteiger partial charge < -0.3 is 5.73 Å². The molecule has 0 aromatic carbocycles. The number of pyridine rings is 1. The fourth-order valence-corrected chi connectivity index (χ4v) is 2.13. The summed E-state index contributed by atoms with van der Waals surface area (Å²) in [5.41, 5.74) is 4.88. The summed E-state index contributed by atoms with van der Waals surface area (Å²) in [6.07, 6.45) is 1.13. The highest BCUT2D eigenvalue weighted by Crippen LogP contribution is 2.09. The third-order valence-electron chi connectivity index (χ3n) is 1.74. The number of aromatic nitrogens is 1. The normalized spacial score (nSPS) is 13.4. The molecule has 1 unspecified atom stereocenters. The molecule has 0 saturated carbocycles. The van der Waals surface area contributed by atoms with Crippen molar-refractivity contribution in [1.29, 1.82) is 0 Å². The van der Waals surface area contributed by atoms with Crippen molar-refractivity contribution in [1.82, 2.24) is 9.71 Å². The van der Waals surface area contributed by atoms with Gasteiger partial charge in [-0.15, -0.1) is 0 Å². The van der Waals surface area contributed by atoms with Gasteiger partial charge in [0.05, 0.1) is 6.04 Å². The lowest BCUT2D eigenvalue weighted by Crippen LogP contribution is -2.42. The Labute approximate surface area is 91.7 Å². The molecule has 0 aliphatic heterocycles. The van der Waals surface area contributed by atoms with E-state index in [1.807, 2.05) is 4.72 Å². The van der Waals surface area contributed by atoms with Crippen LogP contribution in [0.15, 0.2) is 23.4 Å². The number of nitrogens with one attached hydrogen (secondary N) is 1. The van der Waals surface area contributed by atoms with Crippen LogP contribution in [0.4, 0.5) is 4.39 Å². The molecular formula is C8H10FN3O3S. The maximum atomic E-state index is 13.1. The van der Waals surface area contributed by atoms with Gasteiger partial charge in [0, 0.05) is 6.20 Å². The van der Waals surface area contributed by atoms with Gasteiger partial charge in [0.1, 0.15) is 0 Å². The van der Waals surface area contributed by atoms with Gasteiger partial charge in [-0.2, -0.15) is 4.72 Å². The quantitative estimate of drug-likeness (QED) is 0.739. The van der Waals surface area contributed by atoms with Crippen molar-refractivity contribution in [3.8, 4) is 0 Å². The van der Waals surface area contributed by atoms with Gasteiger partial charge in [0.2, 0.25) is 10.9 Å². The third kappa shape index (κ3) is 2.74. The fourth-order valence-electron chi connectivity index (χ4n) is 0.916. The van der Waals surface area contributed by atoms with Gasteiger partial charge in [-0.3, -0.25) is 4.79 Å². The Morgan fingerprint density at radius 3 is 2.75 bits per heavy atom. The molecule has 1 aromatic heterocycles. The maximum Gasteiger partial charge on any atom is 0.261 e. The lowest BCUT2D eigenvalue weighted by molar-refractivity contribution is -0.119. The minimum Gasteiger partial charge on any atom is -0.368 e. The van der Waals surface area contributed by atoms with E-state index in [9.17, 15) is 17.6 Å². The lowest BCUT2D eigenvalue weighted by atomic mass is 10.4. The van der Waals surface area contributed by atoms with E-state index in [0.29, 0.717) is 0 Å². The summed E-state index contributed by atoms with van der Waals surface area (Å²) in [5.74, 6) is -1.86. The van der Waals surface area contributed by atoms with Gasteiger partial charge in [-0.25, -0.2) is 17.8 Å². The summed E-state index contributed by atoms with van der Waals surface area (Å²) < 4.78 is 38.1. The second-order valence-corrected chi connectivity index (χ2v) is 4.66. The number of hydrogen-bond acceptors (Lipinski definition) is 4. The Bertz CT molecular complexity index is 503. The predicted octanol–water partition coefficient (Wildman–Crippen LogP) is -0.627. The number of carbonyl (C=O) groups is 1. The number of hydrogen-bond donors (Lipinski definition) is 2. The van der Waals surface area contributed by atoms with Gasteiger partial charge in [-0.05, 0) is 19.1 Å². The van der Waals surface area contributed by atoms with E-state index in [4.69, 9.17) is 5.73 Å². The molecule has 1 atom stereocenters. The number of nitrogens with two attached hydrogens (primary N) is 1. The molecule has 1 amide bonds. The van der Waals surface area contributed by atoms with Crippen LogP contribution >= 0.6 is 0 Å². The van der Waals surface area contributed by atoms with Crippen LogP contribution in [0.2, 0.25) is 0 Å². The minimum absolute atomic E-state index is 0.761. The molecular weight excluding hydrogens is 237 g/mol. The van der Waals surface area contributed by atoms with Crippen molar-refractivity contribution in [2.45, 2.75) is 18.0 Å². The first kappa shape index (κ1) is 12.5. The van der Waals surface area contributed by atoms with Gasteiger partial charge in [0.25, 0.3) is 10.0 Å². The predicted molar refractivity (Wildman–Crippen MR) is 53.2 cm³/mol. The van der Waals surface area contributed by atoms with Crippen LogP contribution in [0.1, 0.15) is 6.92 Å². The first-order chi connectivity index (χ1) is 7.34. The minimum atomic E-state index is -4.17. The monoisotopic (exact) mass is 247 g/mol. The summed E-state index contributed by atoms with van der Waals surface area (Å²) in [5, 5.41) is -0.761. The second kappa shape index (κ2) is 4.54. The molecule has 16 heavy (non-hydrogen) atoms. The Kier molecular flexibility index (Phi) is 3.55. The van der Waals surface area contributed by atoms with Crippen LogP contribution in [0.25, 0.3) is 0 Å². The third-order valence-corrected chi connectivity index (χ3v) is 3.21. The molecule has 6 nitrogen and oxygen atoms in total. The summed E-state index contributed by atoms with van der Waals surface area (Å²) >= 11 is 0. The Balaban J connectivity index is 3.04. The molecule has 0 spiro atoms. The van der Waals surface area contributed by atoms with Crippen LogP contribution in [-0.2, 0) is 14.8 Å². The van der Waals surface area contributed by atoms with E-state index in [-0.39, 0.29) is 0 Å². The average molecular weight is 247 g/mol. The highest BCUT2D eigenvalue weighted by molar-refractivity contribution is 7.89. The van der Waals surface area contributed by atoms with Gasteiger partial charge in [-0.1, -0.05) is 0 Å². The van der Waals surface area contributed by atoms with Crippen molar-refractivity contribution in [2.24, 2.45) is 5.73 Å². The number of sulfonamides is 1. The molecule has 0 radical (unpaired) electrons. The molecule has 0 bridgehead atoms. The number of primary amides is 1. The van der Waals surface area contributed by atoms with E-state index in [1.165, 1.54) is 13.0 Å². The average Bonchev–Trinajstić information content (AvgIpc) is 2.17. The maximum absolute atomic E-state index is 13.1. The number of nitrogens with zero attached hydrogens (tertiary/aromatic N) is 1. The topological polar surface area (TPSA) is 102 Å². The zero-order chi connectivity index (χ0) is 12.3. The fraction of sp³-hybridized carbons (Fsp3) is 0.250. The summed E-state index contributed by atoms with van der Waals surface area (Å²) in [6, 6.07) is 1.08. The first-order valence-corrected chi connectivity index (χ1v) is 5.75. The van der Waals surface area contributed by atoms with E-state index in [1.54, 1.807) is 0 Å². The van der Waals surface area contributed by atoms with Crippen molar-refractivity contribution in [2.75, 3.05) is 0 Å². The van der Waals surface area contributed by atoms with Crippen LogP contribution in [0.3, 0.4) is 0 Å². The van der Waals surface area contributed by atoms with E-state index < -0.39 is 32.8 Å². The zero-order valence-electron chi connectivity index (χ0n) is 8.34. The number of amides is 1. The molecule has 8 heteroatoms. The highest BCUT2D eigenvalue weighted by atomic mass is 32.2. The molecule has 3 N–H and O–H groups in total. The highest BCUT2D eigenvalue weighted by Gasteiger charge is 2.24. The Morgan fingerprint density at radius 2 is 2.25 bits per heavy atom. The molecule has 1 aromatic rings. The van der Waals surface area contributed by atoms with Crippen molar-refractivity contribution in [3.05, 3.63) is 24.1 Å². The summed E-state index contributed by atoms with van der Waals surface area (Å²) in [4.78, 5) is 14.1. The second-order valence-electron chi connectivity index (χ2n) is 3.04. The van der Waals surface area contributed by atoms with Crippen LogP contribution in [0.5, 0.6) is 0 Å². The van der Waals surface area contributed by atoms with Crippen LogP contribution < -0.4 is 10.5 Å². The van der Waals surface area contributed by atoms with Crippen molar-refractivity contribution < 1.29 is 17.6 Å². The molecule has 0 fully saturated rings. The molecule has 0 aliphatic rings. The molecule has 0 saturated heterocycles. The van der Waals surface area contributed by atoms with Crippen molar-refractivity contribution >= 4 is 15.9 Å². The van der Waals surface area contributed by atoms with Crippen molar-refractivity contribution in [3.63, 3.8) is 0 Å². The lowest BCUT2D eigenvalue weighted by Gasteiger charge is -2.10. The largest absolute Gasteiger partial charge is 0.368 e. The summed E-state index contributed by atoms with van der Waals surface area (Å²) in [7, 11) is -4.17. The Hall–Kier alpha value is -1.54. The van der Waals surface area contributed by atoms with E-state index in [2.05, 4.69) is 4.98 Å².